The third-order valence-electron chi connectivity index (χ3n) is 2.23. The van der Waals surface area contributed by atoms with E-state index in [2.05, 4.69) is 44.6 Å². The highest BCUT2D eigenvalue weighted by molar-refractivity contribution is 7.98. The summed E-state index contributed by atoms with van der Waals surface area (Å²) >= 11 is 1.77. The molecule has 0 aliphatic carbocycles. The van der Waals surface area contributed by atoms with E-state index in [1.54, 1.807) is 11.8 Å². The third-order valence-corrected chi connectivity index (χ3v) is 2.97. The SMILES string of the molecule is CCC(CSC)NC(=O)CCNC(C)(C)C. The normalized spacial score (nSPS) is 13.6. The van der Waals surface area contributed by atoms with Crippen LogP contribution in [0.25, 0.3) is 0 Å². The molecule has 0 aromatic carbocycles. The lowest BCUT2D eigenvalue weighted by molar-refractivity contribution is -0.121. The zero-order chi connectivity index (χ0) is 12.6. The van der Waals surface area contributed by atoms with Crippen LogP contribution in [0.2, 0.25) is 0 Å². The molecule has 0 aromatic heterocycles. The summed E-state index contributed by atoms with van der Waals surface area (Å²) in [6.07, 6.45) is 3.62. The van der Waals surface area contributed by atoms with Crippen molar-refractivity contribution in [1.82, 2.24) is 10.6 Å². The molecule has 4 heteroatoms. The van der Waals surface area contributed by atoms with Gasteiger partial charge in [0.2, 0.25) is 5.91 Å². The Balaban J connectivity index is 3.72. The van der Waals surface area contributed by atoms with Gasteiger partial charge in [0.15, 0.2) is 0 Å². The number of carbonyl (C=O) groups is 1. The molecule has 2 N–H and O–H groups in total. The average molecular weight is 246 g/mol. The molecule has 16 heavy (non-hydrogen) atoms. The van der Waals surface area contributed by atoms with Crippen LogP contribution in [0.3, 0.4) is 0 Å². The molecule has 0 radical (unpaired) electrons. The quantitative estimate of drug-likeness (QED) is 0.722. The first-order chi connectivity index (χ1) is 7.39. The van der Waals surface area contributed by atoms with Crippen LogP contribution in [-0.2, 0) is 4.79 Å². The fraction of sp³-hybridized carbons (Fsp3) is 0.917. The maximum Gasteiger partial charge on any atom is 0.221 e. The zero-order valence-corrected chi connectivity index (χ0v) is 12.0. The van der Waals surface area contributed by atoms with Crippen LogP contribution in [0, 0.1) is 0 Å². The van der Waals surface area contributed by atoms with Crippen LogP contribution in [0.5, 0.6) is 0 Å². The van der Waals surface area contributed by atoms with Crippen molar-refractivity contribution in [3.8, 4) is 0 Å². The van der Waals surface area contributed by atoms with Crippen LogP contribution in [0.15, 0.2) is 0 Å². The number of amides is 1. The number of nitrogens with one attached hydrogen (secondary N) is 2. The van der Waals surface area contributed by atoms with Gasteiger partial charge in [-0.3, -0.25) is 4.79 Å². The van der Waals surface area contributed by atoms with Crippen molar-refractivity contribution >= 4 is 17.7 Å². The van der Waals surface area contributed by atoms with Gasteiger partial charge in [0.25, 0.3) is 0 Å². The molecule has 0 fully saturated rings. The van der Waals surface area contributed by atoms with E-state index in [9.17, 15) is 4.79 Å². The predicted octanol–water partition coefficient (Wildman–Crippen LogP) is 2.02. The first kappa shape index (κ1) is 15.8. The Hall–Kier alpha value is -0.220. The summed E-state index contributed by atoms with van der Waals surface area (Å²) in [5, 5.41) is 6.36. The highest BCUT2D eigenvalue weighted by Gasteiger charge is 2.12. The second-order valence-corrected chi connectivity index (χ2v) is 5.97. The first-order valence-electron chi connectivity index (χ1n) is 5.92. The number of rotatable bonds is 7. The molecule has 96 valence electrons. The van der Waals surface area contributed by atoms with E-state index in [1.807, 2.05) is 0 Å². The van der Waals surface area contributed by atoms with Crippen LogP contribution in [0.4, 0.5) is 0 Å². The predicted molar refractivity (Wildman–Crippen MR) is 73.0 cm³/mol. The molecular weight excluding hydrogens is 220 g/mol. The molecule has 0 rings (SSSR count). The zero-order valence-electron chi connectivity index (χ0n) is 11.2. The Morgan fingerprint density at radius 3 is 2.44 bits per heavy atom. The van der Waals surface area contributed by atoms with Crippen molar-refractivity contribution in [2.75, 3.05) is 18.6 Å². The standard InChI is InChI=1S/C12H26N2OS/c1-6-10(9-16-5)14-11(15)7-8-13-12(2,3)4/h10,13H,6-9H2,1-5H3,(H,14,15). The molecule has 0 saturated heterocycles. The lowest BCUT2D eigenvalue weighted by atomic mass is 10.1. The highest BCUT2D eigenvalue weighted by Crippen LogP contribution is 2.02. The van der Waals surface area contributed by atoms with Crippen molar-refractivity contribution in [1.29, 1.82) is 0 Å². The molecular formula is C12H26N2OS. The number of hydrogen-bond donors (Lipinski definition) is 2. The lowest BCUT2D eigenvalue weighted by Gasteiger charge is -2.21. The molecule has 1 unspecified atom stereocenters. The van der Waals surface area contributed by atoms with Crippen molar-refractivity contribution in [3.05, 3.63) is 0 Å². The summed E-state index contributed by atoms with van der Waals surface area (Å²) in [5.41, 5.74) is 0.0870. The van der Waals surface area contributed by atoms with Crippen molar-refractivity contribution in [2.45, 2.75) is 52.1 Å². The van der Waals surface area contributed by atoms with Crippen LogP contribution < -0.4 is 10.6 Å². The minimum atomic E-state index is 0.0870. The molecule has 0 aliphatic rings. The lowest BCUT2D eigenvalue weighted by Crippen LogP contribution is -2.41. The van der Waals surface area contributed by atoms with E-state index in [4.69, 9.17) is 0 Å². The average Bonchev–Trinajstić information content (AvgIpc) is 2.15. The molecule has 0 aromatic rings. The molecule has 0 bridgehead atoms. The molecule has 0 saturated carbocycles. The topological polar surface area (TPSA) is 41.1 Å². The van der Waals surface area contributed by atoms with E-state index in [-0.39, 0.29) is 11.4 Å². The van der Waals surface area contributed by atoms with Gasteiger partial charge in [-0.2, -0.15) is 11.8 Å². The summed E-state index contributed by atoms with van der Waals surface area (Å²) < 4.78 is 0. The number of carbonyl (C=O) groups excluding carboxylic acids is 1. The van der Waals surface area contributed by atoms with E-state index >= 15 is 0 Å². The summed E-state index contributed by atoms with van der Waals surface area (Å²) in [4.78, 5) is 11.6. The summed E-state index contributed by atoms with van der Waals surface area (Å²) in [7, 11) is 0. The van der Waals surface area contributed by atoms with E-state index in [1.165, 1.54) is 0 Å². The molecule has 1 amide bonds. The van der Waals surface area contributed by atoms with Gasteiger partial charge >= 0.3 is 0 Å². The van der Waals surface area contributed by atoms with Gasteiger partial charge in [0, 0.05) is 30.3 Å². The Morgan fingerprint density at radius 1 is 1.38 bits per heavy atom. The fourth-order valence-electron chi connectivity index (χ4n) is 1.31. The minimum Gasteiger partial charge on any atom is -0.353 e. The van der Waals surface area contributed by atoms with Gasteiger partial charge in [-0.1, -0.05) is 6.92 Å². The van der Waals surface area contributed by atoms with E-state index < -0.39 is 0 Å². The number of thioether (sulfide) groups is 1. The van der Waals surface area contributed by atoms with Crippen molar-refractivity contribution in [3.63, 3.8) is 0 Å². The van der Waals surface area contributed by atoms with Crippen molar-refractivity contribution < 1.29 is 4.79 Å². The third kappa shape index (κ3) is 9.04. The molecule has 0 aliphatic heterocycles. The smallest absolute Gasteiger partial charge is 0.221 e. The maximum absolute atomic E-state index is 11.6. The summed E-state index contributed by atoms with van der Waals surface area (Å²) in [6.45, 7) is 9.16. The molecule has 0 heterocycles. The van der Waals surface area contributed by atoms with Crippen LogP contribution in [0.1, 0.15) is 40.5 Å². The van der Waals surface area contributed by atoms with Gasteiger partial charge in [-0.25, -0.2) is 0 Å². The minimum absolute atomic E-state index is 0.0870. The van der Waals surface area contributed by atoms with E-state index in [0.29, 0.717) is 12.5 Å². The first-order valence-corrected chi connectivity index (χ1v) is 7.31. The van der Waals surface area contributed by atoms with Gasteiger partial charge in [0.05, 0.1) is 0 Å². The van der Waals surface area contributed by atoms with Crippen molar-refractivity contribution in [2.24, 2.45) is 0 Å². The summed E-state index contributed by atoms with van der Waals surface area (Å²) in [5.74, 6) is 1.15. The summed E-state index contributed by atoms with van der Waals surface area (Å²) in [6, 6.07) is 0.317. The van der Waals surface area contributed by atoms with Crippen LogP contribution >= 0.6 is 11.8 Å². The van der Waals surface area contributed by atoms with E-state index in [0.717, 1.165) is 18.7 Å². The number of hydrogen-bond acceptors (Lipinski definition) is 3. The molecule has 0 spiro atoms. The van der Waals surface area contributed by atoms with Crippen LogP contribution in [-0.4, -0.2) is 36.0 Å². The fourth-order valence-corrected chi connectivity index (χ4v) is 2.04. The maximum atomic E-state index is 11.6. The second kappa shape index (κ2) is 7.96. The highest BCUT2D eigenvalue weighted by atomic mass is 32.2. The molecule has 3 nitrogen and oxygen atoms in total. The van der Waals surface area contributed by atoms with Gasteiger partial charge < -0.3 is 10.6 Å². The van der Waals surface area contributed by atoms with Gasteiger partial charge in [-0.15, -0.1) is 0 Å². The monoisotopic (exact) mass is 246 g/mol. The Bertz CT molecular complexity index is 202. The van der Waals surface area contributed by atoms with Gasteiger partial charge in [0.1, 0.15) is 0 Å². The Labute approximate surface area is 104 Å². The van der Waals surface area contributed by atoms with Gasteiger partial charge in [-0.05, 0) is 33.4 Å². The Kier molecular flexibility index (Phi) is 7.85. The molecule has 1 atom stereocenters. The Morgan fingerprint density at radius 2 is 2.00 bits per heavy atom. The largest absolute Gasteiger partial charge is 0.353 e. The second-order valence-electron chi connectivity index (χ2n) is 5.05.